The van der Waals surface area contributed by atoms with Crippen LogP contribution in [-0.2, 0) is 21.4 Å². The molecule has 1 heterocycles. The fourth-order valence-corrected chi connectivity index (χ4v) is 5.74. The molecule has 0 unspecified atom stereocenters. The van der Waals surface area contributed by atoms with Gasteiger partial charge < -0.3 is 4.90 Å². The lowest BCUT2D eigenvalue weighted by molar-refractivity contribution is -0.132. The Kier molecular flexibility index (Phi) is 5.73. The number of aromatic nitrogens is 1. The highest BCUT2D eigenvalue weighted by Gasteiger charge is 2.33. The van der Waals surface area contributed by atoms with Crippen LogP contribution in [0.3, 0.4) is 0 Å². The molecule has 0 N–H and O–H groups in total. The third kappa shape index (κ3) is 4.01. The third-order valence-electron chi connectivity index (χ3n) is 6.32. The van der Waals surface area contributed by atoms with Gasteiger partial charge >= 0.3 is 0 Å². The van der Waals surface area contributed by atoms with E-state index in [1.807, 2.05) is 36.1 Å². The number of amides is 1. The molecule has 5 nitrogen and oxygen atoms in total. The van der Waals surface area contributed by atoms with Gasteiger partial charge in [0.2, 0.25) is 5.91 Å². The summed E-state index contributed by atoms with van der Waals surface area (Å²) < 4.78 is 42.5. The zero-order valence-corrected chi connectivity index (χ0v) is 19.6. The molecule has 3 aromatic carbocycles. The summed E-state index contributed by atoms with van der Waals surface area (Å²) in [6.45, 7) is 2.95. The summed E-state index contributed by atoms with van der Waals surface area (Å²) in [7, 11) is -3.89. The van der Waals surface area contributed by atoms with E-state index in [0.717, 1.165) is 24.0 Å². The van der Waals surface area contributed by atoms with Crippen molar-refractivity contribution in [2.75, 3.05) is 6.54 Å². The molecule has 0 aliphatic heterocycles. The number of benzene rings is 3. The SMILES string of the molecule is CCN(Cc1ccccc1-c1cn(S(=O)(=O)c2ccccc2)c2ccc(F)cc12)C(=O)C1CC1. The Balaban J connectivity index is 1.66. The van der Waals surface area contributed by atoms with Crippen molar-refractivity contribution in [1.82, 2.24) is 8.87 Å². The number of hydrogen-bond donors (Lipinski definition) is 0. The van der Waals surface area contributed by atoms with Crippen LogP contribution >= 0.6 is 0 Å². The number of rotatable bonds is 7. The van der Waals surface area contributed by atoms with Crippen molar-refractivity contribution in [2.24, 2.45) is 5.92 Å². The van der Waals surface area contributed by atoms with Crippen molar-refractivity contribution in [1.29, 1.82) is 0 Å². The molecular formula is C27H25FN2O3S. The Morgan fingerprint density at radius 1 is 1.00 bits per heavy atom. The first-order valence-corrected chi connectivity index (χ1v) is 12.8. The van der Waals surface area contributed by atoms with Crippen molar-refractivity contribution >= 4 is 26.8 Å². The maximum absolute atomic E-state index is 14.3. The predicted molar refractivity (Wildman–Crippen MR) is 130 cm³/mol. The van der Waals surface area contributed by atoms with Crippen molar-refractivity contribution < 1.29 is 17.6 Å². The average Bonchev–Trinajstić information content (AvgIpc) is 3.63. The minimum atomic E-state index is -3.89. The van der Waals surface area contributed by atoms with Gasteiger partial charge in [0, 0.05) is 36.2 Å². The van der Waals surface area contributed by atoms with Crippen LogP contribution in [0, 0.1) is 11.7 Å². The predicted octanol–water partition coefficient (Wildman–Crippen LogP) is 5.44. The summed E-state index contributed by atoms with van der Waals surface area (Å²) in [5.41, 5.74) is 2.68. The number of halogens is 1. The molecule has 1 saturated carbocycles. The zero-order valence-electron chi connectivity index (χ0n) is 18.8. The maximum atomic E-state index is 14.3. The number of fused-ring (bicyclic) bond motifs is 1. The van der Waals surface area contributed by atoms with Gasteiger partial charge in [0.25, 0.3) is 10.0 Å². The third-order valence-corrected chi connectivity index (χ3v) is 8.01. The molecular weight excluding hydrogens is 451 g/mol. The summed E-state index contributed by atoms with van der Waals surface area (Å²) in [6, 6.07) is 19.9. The Hall–Kier alpha value is -3.45. The smallest absolute Gasteiger partial charge is 0.268 e. The molecule has 1 aliphatic rings. The van der Waals surface area contributed by atoms with Crippen LogP contribution in [0.4, 0.5) is 4.39 Å². The minimum Gasteiger partial charge on any atom is -0.338 e. The van der Waals surface area contributed by atoms with Crippen LogP contribution < -0.4 is 0 Å². The van der Waals surface area contributed by atoms with E-state index >= 15 is 0 Å². The molecule has 1 amide bonds. The van der Waals surface area contributed by atoms with E-state index in [2.05, 4.69) is 0 Å². The van der Waals surface area contributed by atoms with Crippen molar-refractivity contribution in [3.8, 4) is 11.1 Å². The van der Waals surface area contributed by atoms with E-state index in [1.54, 1.807) is 36.5 Å². The molecule has 1 aliphatic carbocycles. The lowest BCUT2D eigenvalue weighted by Crippen LogP contribution is -2.31. The molecule has 7 heteroatoms. The van der Waals surface area contributed by atoms with E-state index in [9.17, 15) is 17.6 Å². The van der Waals surface area contributed by atoms with Gasteiger partial charge in [-0.25, -0.2) is 16.8 Å². The Bertz CT molecular complexity index is 1470. The fourth-order valence-electron chi connectivity index (χ4n) is 4.35. The quantitative estimate of drug-likeness (QED) is 0.357. The molecule has 0 spiro atoms. The maximum Gasteiger partial charge on any atom is 0.268 e. The second-order valence-electron chi connectivity index (χ2n) is 8.60. The average molecular weight is 477 g/mol. The van der Waals surface area contributed by atoms with E-state index in [0.29, 0.717) is 29.6 Å². The van der Waals surface area contributed by atoms with Gasteiger partial charge in [-0.05, 0) is 61.2 Å². The van der Waals surface area contributed by atoms with E-state index in [4.69, 9.17) is 0 Å². The largest absolute Gasteiger partial charge is 0.338 e. The van der Waals surface area contributed by atoms with Gasteiger partial charge in [-0.2, -0.15) is 0 Å². The molecule has 174 valence electrons. The van der Waals surface area contributed by atoms with Gasteiger partial charge in [-0.15, -0.1) is 0 Å². The van der Waals surface area contributed by atoms with E-state index < -0.39 is 15.8 Å². The topological polar surface area (TPSA) is 59.4 Å². The van der Waals surface area contributed by atoms with Crippen LogP contribution in [0.15, 0.2) is 83.9 Å². The van der Waals surface area contributed by atoms with E-state index in [1.165, 1.54) is 22.2 Å². The standard InChI is InChI=1S/C27H25FN2O3S/c1-2-29(27(31)19-12-13-19)17-20-8-6-7-11-23(20)25-18-30(26-15-14-21(28)16-24(25)26)34(32,33)22-9-4-3-5-10-22/h3-11,14-16,18-19H,2,12-13,17H2,1H3. The minimum absolute atomic E-state index is 0.110. The number of carbonyl (C=O) groups excluding carboxylic acids is 1. The summed E-state index contributed by atoms with van der Waals surface area (Å²) >= 11 is 0. The molecule has 34 heavy (non-hydrogen) atoms. The van der Waals surface area contributed by atoms with Crippen LogP contribution in [0.1, 0.15) is 25.3 Å². The first kappa shape index (κ1) is 22.3. The molecule has 0 radical (unpaired) electrons. The van der Waals surface area contributed by atoms with E-state index in [-0.39, 0.29) is 16.7 Å². The second-order valence-corrected chi connectivity index (χ2v) is 10.4. The first-order valence-electron chi connectivity index (χ1n) is 11.4. The lowest BCUT2D eigenvalue weighted by atomic mass is 9.98. The monoisotopic (exact) mass is 476 g/mol. The lowest BCUT2D eigenvalue weighted by Gasteiger charge is -2.22. The van der Waals surface area contributed by atoms with Crippen LogP contribution in [0.25, 0.3) is 22.0 Å². The van der Waals surface area contributed by atoms with Gasteiger partial charge in [-0.3, -0.25) is 4.79 Å². The normalized spacial score (nSPS) is 13.8. The summed E-state index contributed by atoms with van der Waals surface area (Å²) in [4.78, 5) is 14.7. The molecule has 0 atom stereocenters. The highest BCUT2D eigenvalue weighted by Crippen LogP contribution is 2.37. The van der Waals surface area contributed by atoms with Gasteiger partial charge in [0.1, 0.15) is 5.82 Å². The summed E-state index contributed by atoms with van der Waals surface area (Å²) in [5.74, 6) is -0.184. The Morgan fingerprint density at radius 3 is 2.41 bits per heavy atom. The summed E-state index contributed by atoms with van der Waals surface area (Å²) in [5, 5.41) is 0.503. The van der Waals surface area contributed by atoms with Crippen LogP contribution in [0.5, 0.6) is 0 Å². The number of hydrogen-bond acceptors (Lipinski definition) is 3. The first-order chi connectivity index (χ1) is 16.4. The highest BCUT2D eigenvalue weighted by molar-refractivity contribution is 7.90. The molecule has 1 fully saturated rings. The Morgan fingerprint density at radius 2 is 1.71 bits per heavy atom. The number of nitrogens with zero attached hydrogens (tertiary/aromatic N) is 2. The molecule has 0 saturated heterocycles. The molecule has 4 aromatic rings. The number of carbonyl (C=O) groups is 1. The molecule has 5 rings (SSSR count). The molecule has 1 aromatic heterocycles. The Labute approximate surface area is 198 Å². The molecule has 0 bridgehead atoms. The van der Waals surface area contributed by atoms with Crippen LogP contribution in [0.2, 0.25) is 0 Å². The van der Waals surface area contributed by atoms with Crippen molar-refractivity contribution in [3.63, 3.8) is 0 Å². The summed E-state index contributed by atoms with van der Waals surface area (Å²) in [6.07, 6.45) is 3.42. The fraction of sp³-hybridized carbons (Fsp3) is 0.222. The zero-order chi connectivity index (χ0) is 23.9. The van der Waals surface area contributed by atoms with Crippen molar-refractivity contribution in [3.05, 3.63) is 90.4 Å². The van der Waals surface area contributed by atoms with Crippen LogP contribution in [-0.4, -0.2) is 29.7 Å². The van der Waals surface area contributed by atoms with Gasteiger partial charge in [0.05, 0.1) is 10.4 Å². The highest BCUT2D eigenvalue weighted by atomic mass is 32.2. The van der Waals surface area contributed by atoms with Gasteiger partial charge in [-0.1, -0.05) is 42.5 Å². The van der Waals surface area contributed by atoms with Gasteiger partial charge in [0.15, 0.2) is 0 Å². The second kappa shape index (κ2) is 8.72. The van der Waals surface area contributed by atoms with Crippen molar-refractivity contribution in [2.45, 2.75) is 31.2 Å².